The summed E-state index contributed by atoms with van der Waals surface area (Å²) in [6.07, 6.45) is 6.81. The van der Waals surface area contributed by atoms with Crippen LogP contribution >= 0.6 is 11.6 Å². The van der Waals surface area contributed by atoms with Crippen molar-refractivity contribution in [3.63, 3.8) is 0 Å². The second-order valence-corrected chi connectivity index (χ2v) is 4.31. The molecule has 2 aromatic rings. The third-order valence-corrected chi connectivity index (χ3v) is 2.81. The van der Waals surface area contributed by atoms with Gasteiger partial charge in [-0.15, -0.1) is 0 Å². The average Bonchev–Trinajstić information content (AvgIpc) is 2.67. The fourth-order valence-corrected chi connectivity index (χ4v) is 1.67. The molecule has 2 aromatic heterocycles. The van der Waals surface area contributed by atoms with Crippen LogP contribution in [0, 0.1) is 0 Å². The van der Waals surface area contributed by atoms with Crippen LogP contribution in [0.2, 0.25) is 5.02 Å². The molecular weight excluding hydrogens is 240 g/mol. The SMILES string of the molecule is Clc1cnc(Nc2cnn(C3CNC3)c2)nc1. The van der Waals surface area contributed by atoms with Gasteiger partial charge in [-0.3, -0.25) is 4.68 Å². The second kappa shape index (κ2) is 4.31. The Morgan fingerprint density at radius 1 is 1.29 bits per heavy atom. The number of anilines is 2. The van der Waals surface area contributed by atoms with Crippen LogP contribution < -0.4 is 10.6 Å². The van der Waals surface area contributed by atoms with Gasteiger partial charge in [0.1, 0.15) is 0 Å². The Hall–Kier alpha value is -1.66. The molecule has 88 valence electrons. The Bertz CT molecular complexity index is 504. The van der Waals surface area contributed by atoms with E-state index in [0.717, 1.165) is 18.8 Å². The van der Waals surface area contributed by atoms with Gasteiger partial charge in [0.2, 0.25) is 5.95 Å². The van der Waals surface area contributed by atoms with Crippen molar-refractivity contribution in [3.8, 4) is 0 Å². The van der Waals surface area contributed by atoms with Crippen molar-refractivity contribution < 1.29 is 0 Å². The van der Waals surface area contributed by atoms with E-state index in [2.05, 4.69) is 25.7 Å². The minimum Gasteiger partial charge on any atom is -0.321 e. The summed E-state index contributed by atoms with van der Waals surface area (Å²) in [6.45, 7) is 1.94. The average molecular weight is 251 g/mol. The zero-order chi connectivity index (χ0) is 11.7. The van der Waals surface area contributed by atoms with Gasteiger partial charge in [-0.25, -0.2) is 9.97 Å². The van der Waals surface area contributed by atoms with Crippen LogP contribution in [-0.2, 0) is 0 Å². The largest absolute Gasteiger partial charge is 0.321 e. The topological polar surface area (TPSA) is 67.7 Å². The monoisotopic (exact) mass is 250 g/mol. The maximum atomic E-state index is 5.71. The Balaban J connectivity index is 1.72. The molecule has 17 heavy (non-hydrogen) atoms. The lowest BCUT2D eigenvalue weighted by atomic mass is 10.2. The first-order valence-corrected chi connectivity index (χ1v) is 5.68. The van der Waals surface area contributed by atoms with Gasteiger partial charge in [-0.05, 0) is 0 Å². The van der Waals surface area contributed by atoms with E-state index in [0.29, 0.717) is 17.0 Å². The Morgan fingerprint density at radius 2 is 2.06 bits per heavy atom. The lowest BCUT2D eigenvalue weighted by molar-refractivity contribution is 0.318. The van der Waals surface area contributed by atoms with Crippen LogP contribution in [0.25, 0.3) is 0 Å². The molecule has 0 unspecified atom stereocenters. The molecule has 0 bridgehead atoms. The number of hydrogen-bond donors (Lipinski definition) is 2. The molecule has 3 heterocycles. The Labute approximate surface area is 103 Å². The molecule has 0 aliphatic carbocycles. The summed E-state index contributed by atoms with van der Waals surface area (Å²) in [5, 5.41) is 11.1. The van der Waals surface area contributed by atoms with Gasteiger partial charge in [0.15, 0.2) is 0 Å². The minimum absolute atomic E-state index is 0.455. The third kappa shape index (κ3) is 2.22. The van der Waals surface area contributed by atoms with Gasteiger partial charge in [0, 0.05) is 19.3 Å². The van der Waals surface area contributed by atoms with Gasteiger partial charge in [0.25, 0.3) is 0 Å². The molecule has 0 atom stereocenters. The lowest BCUT2D eigenvalue weighted by Crippen LogP contribution is -2.43. The van der Waals surface area contributed by atoms with E-state index in [9.17, 15) is 0 Å². The summed E-state index contributed by atoms with van der Waals surface area (Å²) in [5.41, 5.74) is 0.874. The quantitative estimate of drug-likeness (QED) is 0.857. The number of hydrogen-bond acceptors (Lipinski definition) is 5. The van der Waals surface area contributed by atoms with Crippen LogP contribution in [0.15, 0.2) is 24.8 Å². The maximum absolute atomic E-state index is 5.71. The van der Waals surface area contributed by atoms with Crippen molar-refractivity contribution in [2.75, 3.05) is 18.4 Å². The zero-order valence-corrected chi connectivity index (χ0v) is 9.72. The Kier molecular flexibility index (Phi) is 2.66. The Morgan fingerprint density at radius 3 is 2.71 bits per heavy atom. The van der Waals surface area contributed by atoms with Gasteiger partial charge >= 0.3 is 0 Å². The molecule has 1 saturated heterocycles. The van der Waals surface area contributed by atoms with Crippen LogP contribution in [0.4, 0.5) is 11.6 Å². The molecule has 1 aliphatic heterocycles. The third-order valence-electron chi connectivity index (χ3n) is 2.61. The van der Waals surface area contributed by atoms with E-state index in [1.54, 1.807) is 18.6 Å². The molecule has 0 spiro atoms. The van der Waals surface area contributed by atoms with Gasteiger partial charge in [0.05, 0.1) is 35.3 Å². The normalized spacial score (nSPS) is 15.6. The lowest BCUT2D eigenvalue weighted by Gasteiger charge is -2.27. The highest BCUT2D eigenvalue weighted by atomic mass is 35.5. The van der Waals surface area contributed by atoms with E-state index in [1.807, 2.05) is 10.9 Å². The van der Waals surface area contributed by atoms with E-state index < -0.39 is 0 Å². The molecule has 2 N–H and O–H groups in total. The summed E-state index contributed by atoms with van der Waals surface area (Å²) in [6, 6.07) is 0.455. The number of nitrogens with one attached hydrogen (secondary N) is 2. The highest BCUT2D eigenvalue weighted by Gasteiger charge is 2.19. The van der Waals surface area contributed by atoms with Crippen molar-refractivity contribution in [1.29, 1.82) is 0 Å². The zero-order valence-electron chi connectivity index (χ0n) is 8.97. The summed E-state index contributed by atoms with van der Waals surface area (Å²) in [4.78, 5) is 8.12. The van der Waals surface area contributed by atoms with E-state index in [4.69, 9.17) is 11.6 Å². The molecule has 0 saturated carbocycles. The molecule has 0 amide bonds. The standard InChI is InChI=1S/C10H11ClN6/c11-7-1-13-10(14-2-7)16-8-3-15-17(6-8)9-4-12-5-9/h1-3,6,9,12H,4-5H2,(H,13,14,16). The van der Waals surface area contributed by atoms with Gasteiger partial charge < -0.3 is 10.6 Å². The summed E-state index contributed by atoms with van der Waals surface area (Å²) >= 11 is 5.71. The maximum Gasteiger partial charge on any atom is 0.227 e. The van der Waals surface area contributed by atoms with Gasteiger partial charge in [-0.1, -0.05) is 11.6 Å². The minimum atomic E-state index is 0.455. The van der Waals surface area contributed by atoms with Gasteiger partial charge in [-0.2, -0.15) is 5.10 Å². The van der Waals surface area contributed by atoms with Crippen LogP contribution in [0.5, 0.6) is 0 Å². The highest BCUT2D eigenvalue weighted by molar-refractivity contribution is 6.30. The summed E-state index contributed by atoms with van der Waals surface area (Å²) in [7, 11) is 0. The first-order chi connectivity index (χ1) is 8.31. The number of rotatable bonds is 3. The second-order valence-electron chi connectivity index (χ2n) is 3.87. The van der Waals surface area contributed by atoms with Crippen LogP contribution in [-0.4, -0.2) is 32.8 Å². The first kappa shape index (κ1) is 10.5. The fraction of sp³-hybridized carbons (Fsp3) is 0.300. The predicted molar refractivity (Wildman–Crippen MR) is 64.5 cm³/mol. The van der Waals surface area contributed by atoms with E-state index >= 15 is 0 Å². The number of nitrogens with zero attached hydrogens (tertiary/aromatic N) is 4. The number of aromatic nitrogens is 4. The molecular formula is C10H11ClN6. The van der Waals surface area contributed by atoms with Crippen molar-refractivity contribution >= 4 is 23.2 Å². The molecule has 0 aromatic carbocycles. The van der Waals surface area contributed by atoms with E-state index in [1.165, 1.54) is 0 Å². The van der Waals surface area contributed by atoms with Crippen LogP contribution in [0.1, 0.15) is 6.04 Å². The van der Waals surface area contributed by atoms with E-state index in [-0.39, 0.29) is 0 Å². The molecule has 7 heteroatoms. The summed E-state index contributed by atoms with van der Waals surface area (Å²) in [5.74, 6) is 0.515. The van der Waals surface area contributed by atoms with Crippen molar-refractivity contribution in [1.82, 2.24) is 25.1 Å². The van der Waals surface area contributed by atoms with Crippen molar-refractivity contribution in [3.05, 3.63) is 29.8 Å². The van der Waals surface area contributed by atoms with Crippen LogP contribution in [0.3, 0.4) is 0 Å². The molecule has 0 radical (unpaired) electrons. The first-order valence-electron chi connectivity index (χ1n) is 5.31. The van der Waals surface area contributed by atoms with Crippen molar-refractivity contribution in [2.24, 2.45) is 0 Å². The molecule has 1 aliphatic rings. The van der Waals surface area contributed by atoms with Crippen molar-refractivity contribution in [2.45, 2.75) is 6.04 Å². The summed E-state index contributed by atoms with van der Waals surface area (Å²) < 4.78 is 1.94. The molecule has 1 fully saturated rings. The molecule has 3 rings (SSSR count). The highest BCUT2D eigenvalue weighted by Crippen LogP contribution is 2.16. The molecule has 6 nitrogen and oxygen atoms in total. The number of halogens is 1. The fourth-order valence-electron chi connectivity index (χ4n) is 1.57. The predicted octanol–water partition coefficient (Wildman–Crippen LogP) is 1.21. The smallest absolute Gasteiger partial charge is 0.227 e.